The molecule has 45 heavy (non-hydrogen) atoms. The molecule has 4 saturated carbocycles. The number of halogens is 1. The molecule has 0 spiro atoms. The van der Waals surface area contributed by atoms with Gasteiger partial charge in [-0.25, -0.2) is 22.3 Å². The highest BCUT2D eigenvalue weighted by Crippen LogP contribution is 2.69. The number of carbonyl (C=O) groups is 1. The Labute approximate surface area is 271 Å². The maximum Gasteiger partial charge on any atom is 0.421 e. The molecular weight excluding hydrogens is 614 g/mol. The van der Waals surface area contributed by atoms with Gasteiger partial charge >= 0.3 is 6.09 Å². The van der Waals surface area contributed by atoms with Crippen molar-refractivity contribution in [1.29, 1.82) is 0 Å². The fourth-order valence-corrected chi connectivity index (χ4v) is 12.9. The number of fused-ring (bicyclic) bond motifs is 5. The molecule has 1 aromatic carbocycles. The van der Waals surface area contributed by atoms with Crippen molar-refractivity contribution in [2.24, 2.45) is 52.3 Å². The Morgan fingerprint density at radius 2 is 1.71 bits per heavy atom. The number of aliphatic hydroxyl groups is 2. The molecule has 4 aliphatic rings. The number of thiophene rings is 1. The van der Waals surface area contributed by atoms with Crippen LogP contribution in [-0.4, -0.2) is 43.5 Å². The van der Waals surface area contributed by atoms with Gasteiger partial charge in [-0.1, -0.05) is 46.2 Å². The van der Waals surface area contributed by atoms with E-state index >= 15 is 0 Å². The Balaban J connectivity index is 1.10. The minimum absolute atomic E-state index is 0.0108. The second kappa shape index (κ2) is 12.2. The molecule has 0 radical (unpaired) electrons. The van der Waals surface area contributed by atoms with Crippen molar-refractivity contribution in [2.45, 2.75) is 95.5 Å². The molecule has 2 aromatic rings. The van der Waals surface area contributed by atoms with E-state index in [-0.39, 0.29) is 57.4 Å². The number of hydrogen-bond acceptors (Lipinski definition) is 7. The fourth-order valence-electron chi connectivity index (χ4n) is 10.7. The molecule has 11 atom stereocenters. The first kappa shape index (κ1) is 32.9. The normalized spacial score (nSPS) is 38.5. The molecule has 4 fully saturated rings. The average Bonchev–Trinajstić information content (AvgIpc) is 3.63. The van der Waals surface area contributed by atoms with Crippen molar-refractivity contribution in [3.63, 3.8) is 0 Å². The van der Waals surface area contributed by atoms with Crippen LogP contribution in [0.5, 0.6) is 0 Å². The van der Waals surface area contributed by atoms with Crippen molar-refractivity contribution < 1.29 is 32.6 Å². The number of benzene rings is 1. The van der Waals surface area contributed by atoms with Gasteiger partial charge in [-0.2, -0.15) is 0 Å². The van der Waals surface area contributed by atoms with Crippen LogP contribution >= 0.6 is 11.3 Å². The predicted molar refractivity (Wildman–Crippen MR) is 172 cm³/mol. The molecule has 10 heteroatoms. The van der Waals surface area contributed by atoms with Crippen LogP contribution in [0.15, 0.2) is 40.6 Å². The molecule has 6 rings (SSSR count). The van der Waals surface area contributed by atoms with Gasteiger partial charge in [-0.3, -0.25) is 0 Å². The number of amides is 1. The molecular formula is C35H48FNO6S2. The summed E-state index contributed by atoms with van der Waals surface area (Å²) < 4.78 is 46.7. The first-order valence-electron chi connectivity index (χ1n) is 16.7. The van der Waals surface area contributed by atoms with Crippen LogP contribution in [0.4, 0.5) is 9.18 Å². The van der Waals surface area contributed by atoms with Crippen LogP contribution < -0.4 is 4.72 Å². The standard InChI is InChI=1S/C35H48FNO6S2/c1-5-24-28-18-23(38)14-16-35(28,4)27-15-17-34(3)25(10-11-26(34)31(27)32(24)39)20(2)19-43-33(40)37-45(41,42)30-13-12-29(44-30)21-6-8-22(36)9-7-21/h6-9,12-13,20,23-28,31-32,38-39H,5,10-11,14-19H2,1-4H3,(H,37,40)/t20-,23-,24-,25-,26+,27+,28+,31+,32-,34-,35-/m1/s1. The minimum Gasteiger partial charge on any atom is -0.449 e. The second-order valence-electron chi connectivity index (χ2n) is 14.9. The summed E-state index contributed by atoms with van der Waals surface area (Å²) in [5, 5.41) is 22.5. The molecule has 1 amide bonds. The van der Waals surface area contributed by atoms with Gasteiger partial charge in [0.25, 0.3) is 10.0 Å². The third-order valence-electron chi connectivity index (χ3n) is 12.8. The number of hydrogen-bond donors (Lipinski definition) is 3. The number of sulfonamides is 1. The van der Waals surface area contributed by atoms with Gasteiger partial charge in [0, 0.05) is 4.88 Å². The molecule has 1 aromatic heterocycles. The van der Waals surface area contributed by atoms with Gasteiger partial charge in [0.05, 0.1) is 18.8 Å². The first-order chi connectivity index (χ1) is 21.3. The van der Waals surface area contributed by atoms with Crippen LogP contribution in [0.3, 0.4) is 0 Å². The quantitative estimate of drug-likeness (QED) is 0.289. The van der Waals surface area contributed by atoms with Crippen molar-refractivity contribution in [2.75, 3.05) is 6.61 Å². The van der Waals surface area contributed by atoms with Gasteiger partial charge in [0.1, 0.15) is 10.0 Å². The van der Waals surface area contributed by atoms with E-state index in [1.54, 1.807) is 18.2 Å². The lowest BCUT2D eigenvalue weighted by atomic mass is 9.41. The minimum atomic E-state index is -4.12. The lowest BCUT2D eigenvalue weighted by Crippen LogP contribution is -2.62. The van der Waals surface area contributed by atoms with Crippen molar-refractivity contribution in [3.8, 4) is 10.4 Å². The van der Waals surface area contributed by atoms with Crippen LogP contribution in [0.25, 0.3) is 10.4 Å². The Hall–Kier alpha value is -2.01. The Morgan fingerprint density at radius 1 is 1.02 bits per heavy atom. The largest absolute Gasteiger partial charge is 0.449 e. The zero-order valence-corrected chi connectivity index (χ0v) is 28.4. The monoisotopic (exact) mass is 661 g/mol. The molecule has 0 saturated heterocycles. The Morgan fingerprint density at radius 3 is 2.42 bits per heavy atom. The third-order valence-corrected chi connectivity index (χ3v) is 15.8. The van der Waals surface area contributed by atoms with E-state index in [1.165, 1.54) is 18.2 Å². The summed E-state index contributed by atoms with van der Waals surface area (Å²) in [5.41, 5.74) is 0.842. The number of ether oxygens (including phenoxy) is 1. The molecule has 0 bridgehead atoms. The fraction of sp³-hybridized carbons (Fsp3) is 0.686. The van der Waals surface area contributed by atoms with Crippen LogP contribution in [0.1, 0.15) is 79.1 Å². The van der Waals surface area contributed by atoms with E-state index in [2.05, 4.69) is 32.4 Å². The number of nitrogens with one attached hydrogen (secondary N) is 1. The van der Waals surface area contributed by atoms with E-state index in [0.29, 0.717) is 34.1 Å². The van der Waals surface area contributed by atoms with Crippen molar-refractivity contribution in [3.05, 3.63) is 42.2 Å². The van der Waals surface area contributed by atoms with E-state index in [9.17, 15) is 27.8 Å². The summed E-state index contributed by atoms with van der Waals surface area (Å²) in [5.74, 6) is 1.60. The summed E-state index contributed by atoms with van der Waals surface area (Å²) >= 11 is 1.00. The lowest BCUT2D eigenvalue weighted by molar-refractivity contribution is -0.203. The summed E-state index contributed by atoms with van der Waals surface area (Å²) in [6.45, 7) is 9.20. The van der Waals surface area contributed by atoms with Gasteiger partial charge < -0.3 is 14.9 Å². The van der Waals surface area contributed by atoms with Crippen LogP contribution in [-0.2, 0) is 14.8 Å². The van der Waals surface area contributed by atoms with E-state index in [4.69, 9.17) is 4.74 Å². The second-order valence-corrected chi connectivity index (χ2v) is 17.9. The Bertz CT molecular complexity index is 1500. The summed E-state index contributed by atoms with van der Waals surface area (Å²) in [6, 6.07) is 8.85. The predicted octanol–water partition coefficient (Wildman–Crippen LogP) is 7.23. The molecule has 248 valence electrons. The zero-order chi connectivity index (χ0) is 32.3. The van der Waals surface area contributed by atoms with E-state index < -0.39 is 16.1 Å². The summed E-state index contributed by atoms with van der Waals surface area (Å²) in [7, 11) is -4.12. The molecule has 3 N–H and O–H groups in total. The smallest absolute Gasteiger partial charge is 0.421 e. The number of aliphatic hydroxyl groups excluding tert-OH is 2. The van der Waals surface area contributed by atoms with E-state index in [0.717, 1.165) is 62.7 Å². The average molecular weight is 662 g/mol. The van der Waals surface area contributed by atoms with Gasteiger partial charge in [-0.05, 0) is 127 Å². The lowest BCUT2D eigenvalue weighted by Gasteiger charge is -2.64. The van der Waals surface area contributed by atoms with Crippen LogP contribution in [0.2, 0.25) is 0 Å². The molecule has 4 aliphatic carbocycles. The maximum atomic E-state index is 13.3. The van der Waals surface area contributed by atoms with Gasteiger partial charge in [-0.15, -0.1) is 11.3 Å². The highest BCUT2D eigenvalue weighted by atomic mass is 32.2. The van der Waals surface area contributed by atoms with E-state index in [1.807, 2.05) is 0 Å². The first-order valence-corrected chi connectivity index (χ1v) is 19.0. The molecule has 1 heterocycles. The molecule has 7 nitrogen and oxygen atoms in total. The highest BCUT2D eigenvalue weighted by molar-refractivity contribution is 7.92. The topological polar surface area (TPSA) is 113 Å². The zero-order valence-electron chi connectivity index (χ0n) is 26.7. The number of carbonyl (C=O) groups excluding carboxylic acids is 1. The van der Waals surface area contributed by atoms with Crippen LogP contribution in [0, 0.1) is 58.1 Å². The molecule has 0 unspecified atom stereocenters. The summed E-state index contributed by atoms with van der Waals surface area (Å²) in [4.78, 5) is 13.4. The van der Waals surface area contributed by atoms with Crippen molar-refractivity contribution >= 4 is 27.5 Å². The van der Waals surface area contributed by atoms with Crippen molar-refractivity contribution in [1.82, 2.24) is 4.72 Å². The maximum absolute atomic E-state index is 13.3. The number of rotatable bonds is 7. The Kier molecular flexibility index (Phi) is 8.94. The van der Waals surface area contributed by atoms with Gasteiger partial charge in [0.15, 0.2) is 0 Å². The van der Waals surface area contributed by atoms with Gasteiger partial charge in [0.2, 0.25) is 0 Å². The molecule has 0 aliphatic heterocycles. The SMILES string of the molecule is CC[C@H]1[C@@H](O)[C@@H]2[C@H](CC[C@]3(C)[C@@H]([C@H](C)COC(=O)NS(=O)(=O)c4ccc(-c5ccc(F)cc5)s4)CC[C@@H]23)[C@@]2(C)CC[C@@H](O)C[C@@H]12. The third kappa shape index (κ3) is 5.76. The summed E-state index contributed by atoms with van der Waals surface area (Å²) in [6.07, 6.45) is 6.15. The highest BCUT2D eigenvalue weighted by Gasteiger charge is 2.65.